The molecule has 0 saturated carbocycles. The first-order chi connectivity index (χ1) is 12.7. The zero-order valence-corrected chi connectivity index (χ0v) is 18.0. The third-order valence-corrected chi connectivity index (χ3v) is 3.78. The molecule has 0 saturated heterocycles. The maximum absolute atomic E-state index is 12.9. The number of halogens is 2. The van der Waals surface area contributed by atoms with E-state index < -0.39 is 0 Å². The third-order valence-electron chi connectivity index (χ3n) is 3.78. The summed E-state index contributed by atoms with van der Waals surface area (Å²) in [5.41, 5.74) is 2.21. The topological polar surface area (TPSA) is 54.9 Å². The molecule has 0 bridgehead atoms. The van der Waals surface area contributed by atoms with Crippen molar-refractivity contribution < 1.29 is 13.9 Å². The van der Waals surface area contributed by atoms with E-state index in [1.165, 1.54) is 12.1 Å². The fourth-order valence-corrected chi connectivity index (χ4v) is 2.33. The lowest BCUT2D eigenvalue weighted by molar-refractivity contribution is 0.146. The molecule has 0 fully saturated rings. The van der Waals surface area contributed by atoms with E-state index in [1.807, 2.05) is 24.3 Å². The minimum atomic E-state index is -0.214. The van der Waals surface area contributed by atoms with Crippen LogP contribution in [-0.4, -0.2) is 39.9 Å². The van der Waals surface area contributed by atoms with E-state index in [1.54, 1.807) is 26.3 Å². The van der Waals surface area contributed by atoms with Crippen molar-refractivity contribution in [2.75, 3.05) is 33.9 Å². The standard InChI is InChI=1S/C20H26FN3O2.HI/c1-22-20(23-12-11-16-3-7-18(21)8-4-16)24-15-17-5-9-19(10-6-17)26-14-13-25-2;/h3-10H,11-15H2,1-2H3,(H2,22,23,24);1H. The van der Waals surface area contributed by atoms with Gasteiger partial charge in [0.25, 0.3) is 0 Å². The summed E-state index contributed by atoms with van der Waals surface area (Å²) in [5, 5.41) is 6.53. The van der Waals surface area contributed by atoms with Crippen molar-refractivity contribution >= 4 is 29.9 Å². The summed E-state index contributed by atoms with van der Waals surface area (Å²) in [4.78, 5) is 4.21. The van der Waals surface area contributed by atoms with Crippen LogP contribution in [0.5, 0.6) is 5.75 Å². The number of hydrogen-bond acceptors (Lipinski definition) is 3. The Morgan fingerprint density at radius 1 is 0.963 bits per heavy atom. The molecule has 0 aromatic heterocycles. The number of guanidine groups is 1. The third kappa shape index (κ3) is 9.05. The number of ether oxygens (including phenoxy) is 2. The van der Waals surface area contributed by atoms with Crippen molar-refractivity contribution in [3.63, 3.8) is 0 Å². The van der Waals surface area contributed by atoms with Crippen molar-refractivity contribution in [3.8, 4) is 5.75 Å². The summed E-state index contributed by atoms with van der Waals surface area (Å²) < 4.78 is 23.4. The summed E-state index contributed by atoms with van der Waals surface area (Å²) in [6.45, 7) is 2.49. The fraction of sp³-hybridized carbons (Fsp3) is 0.350. The van der Waals surface area contributed by atoms with E-state index >= 15 is 0 Å². The Hall–Kier alpha value is -1.87. The minimum absolute atomic E-state index is 0. The minimum Gasteiger partial charge on any atom is -0.491 e. The SMILES string of the molecule is CN=C(NCCc1ccc(F)cc1)NCc1ccc(OCCOC)cc1.I. The molecule has 0 radical (unpaired) electrons. The molecule has 5 nitrogen and oxygen atoms in total. The smallest absolute Gasteiger partial charge is 0.191 e. The summed E-state index contributed by atoms with van der Waals surface area (Å²) in [6, 6.07) is 14.5. The van der Waals surface area contributed by atoms with E-state index in [9.17, 15) is 4.39 Å². The molecule has 0 atom stereocenters. The number of methoxy groups -OCH3 is 1. The Bertz CT molecular complexity index is 679. The molecule has 2 aromatic rings. The molecule has 2 aromatic carbocycles. The zero-order valence-electron chi connectivity index (χ0n) is 15.7. The Labute approximate surface area is 177 Å². The van der Waals surface area contributed by atoms with Crippen LogP contribution in [0.15, 0.2) is 53.5 Å². The summed E-state index contributed by atoms with van der Waals surface area (Å²) in [5.74, 6) is 1.34. The highest BCUT2D eigenvalue weighted by Crippen LogP contribution is 2.12. The van der Waals surface area contributed by atoms with Crippen molar-refractivity contribution in [2.24, 2.45) is 4.99 Å². The monoisotopic (exact) mass is 487 g/mol. The van der Waals surface area contributed by atoms with Crippen LogP contribution in [0, 0.1) is 5.82 Å². The van der Waals surface area contributed by atoms with Gasteiger partial charge >= 0.3 is 0 Å². The molecule has 2 rings (SSSR count). The van der Waals surface area contributed by atoms with Crippen molar-refractivity contribution in [3.05, 3.63) is 65.5 Å². The molecule has 7 heteroatoms. The molecular weight excluding hydrogens is 460 g/mol. The van der Waals surface area contributed by atoms with Crippen LogP contribution >= 0.6 is 24.0 Å². The number of hydrogen-bond donors (Lipinski definition) is 2. The average molecular weight is 487 g/mol. The van der Waals surface area contributed by atoms with Crippen LogP contribution in [0.2, 0.25) is 0 Å². The quantitative estimate of drug-likeness (QED) is 0.247. The summed E-state index contributed by atoms with van der Waals surface area (Å²) in [6.07, 6.45) is 0.800. The number of benzene rings is 2. The van der Waals surface area contributed by atoms with Crippen molar-refractivity contribution in [2.45, 2.75) is 13.0 Å². The van der Waals surface area contributed by atoms with Gasteiger partial charge in [0, 0.05) is 27.2 Å². The maximum atomic E-state index is 12.9. The van der Waals surface area contributed by atoms with Gasteiger partial charge in [0.2, 0.25) is 0 Å². The summed E-state index contributed by atoms with van der Waals surface area (Å²) >= 11 is 0. The second-order valence-electron chi connectivity index (χ2n) is 5.71. The molecule has 0 aliphatic rings. The number of nitrogens with one attached hydrogen (secondary N) is 2. The first kappa shape index (κ1) is 23.2. The normalized spacial score (nSPS) is 10.9. The van der Waals surface area contributed by atoms with Gasteiger partial charge in [0.1, 0.15) is 18.2 Å². The summed E-state index contributed by atoms with van der Waals surface area (Å²) in [7, 11) is 3.39. The van der Waals surface area contributed by atoms with Crippen LogP contribution in [0.25, 0.3) is 0 Å². The fourth-order valence-electron chi connectivity index (χ4n) is 2.33. The van der Waals surface area contributed by atoms with Crippen LogP contribution in [0.3, 0.4) is 0 Å². The molecule has 0 aliphatic heterocycles. The predicted octanol–water partition coefficient (Wildman–Crippen LogP) is 3.38. The van der Waals surface area contributed by atoms with Crippen molar-refractivity contribution in [1.82, 2.24) is 10.6 Å². The van der Waals surface area contributed by atoms with Gasteiger partial charge < -0.3 is 20.1 Å². The molecule has 0 amide bonds. The highest BCUT2D eigenvalue weighted by atomic mass is 127. The Morgan fingerprint density at radius 3 is 2.26 bits per heavy atom. The lowest BCUT2D eigenvalue weighted by Gasteiger charge is -2.12. The molecule has 27 heavy (non-hydrogen) atoms. The van der Waals surface area contributed by atoms with Crippen LogP contribution in [0.4, 0.5) is 4.39 Å². The highest BCUT2D eigenvalue weighted by Gasteiger charge is 2.00. The highest BCUT2D eigenvalue weighted by molar-refractivity contribution is 14.0. The molecular formula is C20H27FIN3O2. The first-order valence-corrected chi connectivity index (χ1v) is 8.61. The van der Waals surface area contributed by atoms with Gasteiger partial charge in [-0.1, -0.05) is 24.3 Å². The Kier molecular flexibility index (Phi) is 11.4. The van der Waals surface area contributed by atoms with E-state index in [-0.39, 0.29) is 29.8 Å². The lowest BCUT2D eigenvalue weighted by atomic mass is 10.1. The second-order valence-corrected chi connectivity index (χ2v) is 5.71. The molecule has 2 N–H and O–H groups in total. The van der Waals surface area contributed by atoms with Crippen LogP contribution < -0.4 is 15.4 Å². The Morgan fingerprint density at radius 2 is 1.63 bits per heavy atom. The number of nitrogens with zero attached hydrogens (tertiary/aromatic N) is 1. The lowest BCUT2D eigenvalue weighted by Crippen LogP contribution is -2.37. The number of rotatable bonds is 9. The van der Waals surface area contributed by atoms with E-state index in [0.717, 1.165) is 35.8 Å². The van der Waals surface area contributed by atoms with Crippen LogP contribution in [-0.2, 0) is 17.7 Å². The average Bonchev–Trinajstić information content (AvgIpc) is 2.67. The zero-order chi connectivity index (χ0) is 18.6. The first-order valence-electron chi connectivity index (χ1n) is 8.61. The van der Waals surface area contributed by atoms with E-state index in [2.05, 4.69) is 15.6 Å². The molecule has 148 valence electrons. The van der Waals surface area contributed by atoms with Gasteiger partial charge in [0.15, 0.2) is 5.96 Å². The second kappa shape index (κ2) is 13.3. The molecule has 0 aliphatic carbocycles. The molecule has 0 unspecified atom stereocenters. The number of aliphatic imine (C=N–C) groups is 1. The largest absolute Gasteiger partial charge is 0.491 e. The molecule has 0 heterocycles. The van der Waals surface area contributed by atoms with Gasteiger partial charge in [0.05, 0.1) is 6.61 Å². The van der Waals surface area contributed by atoms with Gasteiger partial charge in [-0.15, -0.1) is 24.0 Å². The van der Waals surface area contributed by atoms with Gasteiger partial charge in [-0.3, -0.25) is 4.99 Å². The van der Waals surface area contributed by atoms with Gasteiger partial charge in [-0.05, 0) is 41.8 Å². The van der Waals surface area contributed by atoms with E-state index in [4.69, 9.17) is 9.47 Å². The van der Waals surface area contributed by atoms with Gasteiger partial charge in [-0.25, -0.2) is 4.39 Å². The van der Waals surface area contributed by atoms with Gasteiger partial charge in [-0.2, -0.15) is 0 Å². The maximum Gasteiger partial charge on any atom is 0.191 e. The predicted molar refractivity (Wildman–Crippen MR) is 118 cm³/mol. The molecule has 0 spiro atoms. The Balaban J connectivity index is 0.00000364. The van der Waals surface area contributed by atoms with Crippen LogP contribution in [0.1, 0.15) is 11.1 Å². The van der Waals surface area contributed by atoms with Crippen molar-refractivity contribution in [1.29, 1.82) is 0 Å². The van der Waals surface area contributed by atoms with E-state index in [0.29, 0.717) is 19.8 Å².